The number of alkyl halides is 3. The summed E-state index contributed by atoms with van der Waals surface area (Å²) in [5.74, 6) is -3.35. The first-order valence-corrected chi connectivity index (χ1v) is 7.42. The molecule has 1 N–H and O–H groups in total. The summed E-state index contributed by atoms with van der Waals surface area (Å²) in [6.45, 7) is 5.16. The third kappa shape index (κ3) is 5.21. The lowest BCUT2D eigenvalue weighted by atomic mass is 10.0. The van der Waals surface area contributed by atoms with Crippen LogP contribution in [0.4, 0.5) is 17.6 Å². The van der Waals surface area contributed by atoms with Crippen molar-refractivity contribution >= 4 is 11.9 Å². The number of esters is 1. The van der Waals surface area contributed by atoms with E-state index >= 15 is 0 Å². The molecule has 1 aromatic rings. The molecule has 0 fully saturated rings. The average Bonchev–Trinajstić information content (AvgIpc) is 2.48. The molecular formula is C16H19F4NO3. The molecule has 1 rings (SSSR count). The molecular weight excluding hydrogens is 330 g/mol. The highest BCUT2D eigenvalue weighted by Gasteiger charge is 2.36. The zero-order valence-corrected chi connectivity index (χ0v) is 13.5. The zero-order chi connectivity index (χ0) is 18.5. The van der Waals surface area contributed by atoms with Crippen molar-refractivity contribution in [1.82, 2.24) is 5.32 Å². The standard InChI is InChI=1S/C16H19F4NO3/c1-4-7-24-15(23)13(9(2)3)21-14(22)11-6-5-10(17)8-12(11)16(18,19)20/h5-6,8-9,13H,4,7H2,1-3H3,(H,21,22). The molecule has 24 heavy (non-hydrogen) atoms. The number of benzene rings is 1. The Kier molecular flexibility index (Phi) is 6.74. The van der Waals surface area contributed by atoms with E-state index in [9.17, 15) is 27.2 Å². The molecule has 134 valence electrons. The van der Waals surface area contributed by atoms with Gasteiger partial charge in [-0.1, -0.05) is 20.8 Å². The zero-order valence-electron chi connectivity index (χ0n) is 13.5. The summed E-state index contributed by atoms with van der Waals surface area (Å²) in [6, 6.07) is 0.635. The van der Waals surface area contributed by atoms with Crippen LogP contribution in [0.15, 0.2) is 18.2 Å². The molecule has 0 aromatic heterocycles. The number of amides is 1. The van der Waals surface area contributed by atoms with E-state index in [2.05, 4.69) is 5.32 Å². The highest BCUT2D eigenvalue weighted by atomic mass is 19.4. The summed E-state index contributed by atoms with van der Waals surface area (Å²) >= 11 is 0. The van der Waals surface area contributed by atoms with Gasteiger partial charge in [-0.05, 0) is 30.5 Å². The lowest BCUT2D eigenvalue weighted by Gasteiger charge is -2.22. The molecule has 0 saturated heterocycles. The van der Waals surface area contributed by atoms with Gasteiger partial charge in [0.1, 0.15) is 11.9 Å². The van der Waals surface area contributed by atoms with Crippen LogP contribution in [0.25, 0.3) is 0 Å². The predicted molar refractivity (Wildman–Crippen MR) is 78.7 cm³/mol. The Hall–Kier alpha value is -2.12. The second kappa shape index (κ2) is 8.12. The number of halogens is 4. The molecule has 0 radical (unpaired) electrons. The third-order valence-corrected chi connectivity index (χ3v) is 3.19. The van der Waals surface area contributed by atoms with E-state index in [1.807, 2.05) is 0 Å². The van der Waals surface area contributed by atoms with E-state index in [0.29, 0.717) is 6.42 Å². The van der Waals surface area contributed by atoms with Gasteiger partial charge in [0, 0.05) is 0 Å². The molecule has 8 heteroatoms. The van der Waals surface area contributed by atoms with E-state index < -0.39 is 47.0 Å². The van der Waals surface area contributed by atoms with Gasteiger partial charge < -0.3 is 10.1 Å². The van der Waals surface area contributed by atoms with Crippen molar-refractivity contribution < 1.29 is 31.9 Å². The van der Waals surface area contributed by atoms with Crippen molar-refractivity contribution in [3.8, 4) is 0 Å². The number of rotatable bonds is 6. The molecule has 4 nitrogen and oxygen atoms in total. The van der Waals surface area contributed by atoms with Crippen LogP contribution in [0.2, 0.25) is 0 Å². The fourth-order valence-electron chi connectivity index (χ4n) is 1.96. The second-order valence-corrected chi connectivity index (χ2v) is 5.55. The number of carbonyl (C=O) groups excluding carboxylic acids is 2. The predicted octanol–water partition coefficient (Wildman–Crippen LogP) is 3.55. The van der Waals surface area contributed by atoms with Crippen LogP contribution in [-0.2, 0) is 15.7 Å². The number of nitrogens with one attached hydrogen (secondary N) is 1. The van der Waals surface area contributed by atoms with Crippen LogP contribution < -0.4 is 5.32 Å². The summed E-state index contributed by atoms with van der Waals surface area (Å²) in [4.78, 5) is 24.1. The molecule has 0 bridgehead atoms. The largest absolute Gasteiger partial charge is 0.464 e. The molecule has 0 aliphatic rings. The van der Waals surface area contributed by atoms with Crippen LogP contribution in [0.5, 0.6) is 0 Å². The molecule has 0 saturated carbocycles. The van der Waals surface area contributed by atoms with Crippen LogP contribution >= 0.6 is 0 Å². The Morgan fingerprint density at radius 1 is 1.25 bits per heavy atom. The quantitative estimate of drug-likeness (QED) is 0.631. The van der Waals surface area contributed by atoms with E-state index in [4.69, 9.17) is 4.74 Å². The SMILES string of the molecule is CCCOC(=O)C(NC(=O)c1ccc(F)cc1C(F)(F)F)C(C)C. The highest BCUT2D eigenvalue weighted by molar-refractivity contribution is 5.98. The Bertz CT molecular complexity index is 599. The van der Waals surface area contributed by atoms with Crippen molar-refractivity contribution in [3.05, 3.63) is 35.1 Å². The van der Waals surface area contributed by atoms with Crippen molar-refractivity contribution in [2.24, 2.45) is 5.92 Å². The lowest BCUT2D eigenvalue weighted by molar-refractivity contribution is -0.147. The van der Waals surface area contributed by atoms with Gasteiger partial charge in [-0.3, -0.25) is 4.79 Å². The van der Waals surface area contributed by atoms with Crippen molar-refractivity contribution in [3.63, 3.8) is 0 Å². The molecule has 0 aliphatic heterocycles. The number of carbonyl (C=O) groups is 2. The molecule has 0 spiro atoms. The van der Waals surface area contributed by atoms with Gasteiger partial charge in [0.15, 0.2) is 0 Å². The van der Waals surface area contributed by atoms with E-state index in [-0.39, 0.29) is 12.7 Å². The Labute approximate surface area is 137 Å². The number of hydrogen-bond acceptors (Lipinski definition) is 3. The molecule has 1 amide bonds. The maximum absolute atomic E-state index is 13.1. The monoisotopic (exact) mass is 349 g/mol. The van der Waals surface area contributed by atoms with Crippen molar-refractivity contribution in [1.29, 1.82) is 0 Å². The molecule has 1 unspecified atom stereocenters. The second-order valence-electron chi connectivity index (χ2n) is 5.55. The summed E-state index contributed by atoms with van der Waals surface area (Å²) in [5.41, 5.74) is -2.15. The lowest BCUT2D eigenvalue weighted by Crippen LogP contribution is -2.45. The highest BCUT2D eigenvalue weighted by Crippen LogP contribution is 2.32. The number of ether oxygens (including phenoxy) is 1. The van der Waals surface area contributed by atoms with Gasteiger partial charge in [0.05, 0.1) is 17.7 Å². The van der Waals surface area contributed by atoms with Crippen LogP contribution in [0.3, 0.4) is 0 Å². The summed E-state index contributed by atoms with van der Waals surface area (Å²) in [7, 11) is 0. The molecule has 0 heterocycles. The Morgan fingerprint density at radius 3 is 2.38 bits per heavy atom. The fraction of sp³-hybridized carbons (Fsp3) is 0.500. The smallest absolute Gasteiger partial charge is 0.417 e. The molecule has 0 aliphatic carbocycles. The van der Waals surface area contributed by atoms with Crippen molar-refractivity contribution in [2.75, 3.05) is 6.61 Å². The van der Waals surface area contributed by atoms with Crippen LogP contribution in [-0.4, -0.2) is 24.5 Å². The minimum atomic E-state index is -4.90. The van der Waals surface area contributed by atoms with Gasteiger partial charge in [-0.2, -0.15) is 13.2 Å². The minimum Gasteiger partial charge on any atom is -0.464 e. The molecule has 1 atom stereocenters. The first-order chi connectivity index (χ1) is 11.1. The van der Waals surface area contributed by atoms with Gasteiger partial charge >= 0.3 is 12.1 Å². The van der Waals surface area contributed by atoms with E-state index in [1.165, 1.54) is 0 Å². The summed E-state index contributed by atoms with van der Waals surface area (Å²) in [5, 5.41) is 2.24. The maximum Gasteiger partial charge on any atom is 0.417 e. The van der Waals surface area contributed by atoms with E-state index in [0.717, 1.165) is 12.1 Å². The third-order valence-electron chi connectivity index (χ3n) is 3.19. The average molecular weight is 349 g/mol. The normalized spacial score (nSPS) is 12.8. The van der Waals surface area contributed by atoms with Gasteiger partial charge in [-0.15, -0.1) is 0 Å². The first kappa shape index (κ1) is 19.9. The topological polar surface area (TPSA) is 55.4 Å². The summed E-state index contributed by atoms with van der Waals surface area (Å²) < 4.78 is 56.9. The van der Waals surface area contributed by atoms with Gasteiger partial charge in [-0.25, -0.2) is 9.18 Å². The van der Waals surface area contributed by atoms with Gasteiger partial charge in [0.2, 0.25) is 0 Å². The van der Waals surface area contributed by atoms with Crippen molar-refractivity contribution in [2.45, 2.75) is 39.4 Å². The summed E-state index contributed by atoms with van der Waals surface area (Å²) in [6.07, 6.45) is -4.33. The van der Waals surface area contributed by atoms with E-state index in [1.54, 1.807) is 20.8 Å². The van der Waals surface area contributed by atoms with Crippen LogP contribution in [0.1, 0.15) is 43.1 Å². The Balaban J connectivity index is 3.07. The van der Waals surface area contributed by atoms with Gasteiger partial charge in [0.25, 0.3) is 5.91 Å². The first-order valence-electron chi connectivity index (χ1n) is 7.42. The molecule has 1 aromatic carbocycles. The number of hydrogen-bond donors (Lipinski definition) is 1. The Morgan fingerprint density at radius 2 is 1.88 bits per heavy atom. The fourth-order valence-corrected chi connectivity index (χ4v) is 1.96. The maximum atomic E-state index is 13.1. The van der Waals surface area contributed by atoms with Crippen LogP contribution in [0, 0.1) is 11.7 Å². The minimum absolute atomic E-state index is 0.141.